The van der Waals surface area contributed by atoms with E-state index < -0.39 is 0 Å². The number of rotatable bonds is 0. The van der Waals surface area contributed by atoms with Crippen LogP contribution in [0.25, 0.3) is 10.8 Å². The van der Waals surface area contributed by atoms with Crippen LogP contribution in [-0.2, 0) is 17.6 Å². The summed E-state index contributed by atoms with van der Waals surface area (Å²) in [7, 11) is 0. The van der Waals surface area contributed by atoms with Crippen LogP contribution in [0, 0.1) is 0 Å². The van der Waals surface area contributed by atoms with Gasteiger partial charge in [0.25, 0.3) is 0 Å². The molecule has 0 spiro atoms. The Kier molecular flexibility index (Phi) is 2.64. The van der Waals surface area contributed by atoms with Crippen LogP contribution in [0.1, 0.15) is 56.3 Å². The molecule has 4 aromatic carbocycles. The van der Waals surface area contributed by atoms with E-state index in [1.54, 1.807) is 0 Å². The van der Waals surface area contributed by atoms with E-state index in [-0.39, 0.29) is 11.8 Å². The van der Waals surface area contributed by atoms with E-state index in [1.807, 2.05) is 0 Å². The molecule has 1 nitrogen and oxygen atoms in total. The van der Waals surface area contributed by atoms with Crippen LogP contribution < -0.4 is 0 Å². The maximum atomic E-state index is 14.1. The fourth-order valence-corrected chi connectivity index (χ4v) is 5.96. The molecule has 1 heteroatoms. The SMILES string of the molecule is O=C1C2c3ccccc3Cc3ccc4ccc5c(c4c32)C1c1ccccc1C5. The molecular formula is C27H18O. The maximum absolute atomic E-state index is 14.1. The molecule has 0 fully saturated rings. The van der Waals surface area contributed by atoms with Crippen molar-refractivity contribution in [3.63, 3.8) is 0 Å². The Morgan fingerprint density at radius 1 is 0.571 bits per heavy atom. The molecule has 0 bridgehead atoms. The number of carbonyl (C=O) groups is 1. The summed E-state index contributed by atoms with van der Waals surface area (Å²) >= 11 is 0. The Morgan fingerprint density at radius 3 is 1.61 bits per heavy atom. The van der Waals surface area contributed by atoms with Gasteiger partial charge in [0, 0.05) is 0 Å². The van der Waals surface area contributed by atoms with E-state index >= 15 is 0 Å². The Hall–Kier alpha value is -3.19. The normalized spacial score (nSPS) is 20.6. The number of benzene rings is 4. The molecule has 28 heavy (non-hydrogen) atoms. The summed E-state index contributed by atoms with van der Waals surface area (Å²) in [6.07, 6.45) is 1.85. The Bertz CT molecular complexity index is 1250. The second-order valence-corrected chi connectivity index (χ2v) is 8.39. The van der Waals surface area contributed by atoms with Gasteiger partial charge in [0.2, 0.25) is 0 Å². The highest BCUT2D eigenvalue weighted by Gasteiger charge is 2.44. The predicted octanol–water partition coefficient (Wildman–Crippen LogP) is 5.49. The van der Waals surface area contributed by atoms with Crippen molar-refractivity contribution < 1.29 is 4.79 Å². The zero-order valence-electron chi connectivity index (χ0n) is 15.4. The van der Waals surface area contributed by atoms with Crippen molar-refractivity contribution in [1.29, 1.82) is 0 Å². The number of fused-ring (bicyclic) bond motifs is 4. The number of ketones is 1. The number of hydrogen-bond donors (Lipinski definition) is 0. The first kappa shape index (κ1) is 14.8. The van der Waals surface area contributed by atoms with E-state index in [2.05, 4.69) is 72.8 Å². The largest absolute Gasteiger partial charge is 0.298 e. The minimum absolute atomic E-state index is 0.137. The molecule has 3 aliphatic rings. The van der Waals surface area contributed by atoms with Gasteiger partial charge in [0.1, 0.15) is 0 Å². The van der Waals surface area contributed by atoms with Crippen molar-refractivity contribution in [2.45, 2.75) is 24.7 Å². The Balaban J connectivity index is 1.66. The molecule has 3 aliphatic carbocycles. The minimum Gasteiger partial charge on any atom is -0.298 e. The molecule has 2 atom stereocenters. The molecule has 0 aliphatic heterocycles. The van der Waals surface area contributed by atoms with Crippen LogP contribution >= 0.6 is 0 Å². The Labute approximate surface area is 163 Å². The summed E-state index contributed by atoms with van der Waals surface area (Å²) in [4.78, 5) is 14.1. The molecule has 4 aromatic rings. The highest BCUT2D eigenvalue weighted by Crippen LogP contribution is 2.53. The molecule has 0 heterocycles. The molecule has 0 saturated heterocycles. The zero-order chi connectivity index (χ0) is 18.4. The highest BCUT2D eigenvalue weighted by atomic mass is 16.1. The van der Waals surface area contributed by atoms with Gasteiger partial charge in [-0.25, -0.2) is 0 Å². The van der Waals surface area contributed by atoms with Crippen molar-refractivity contribution in [3.8, 4) is 0 Å². The van der Waals surface area contributed by atoms with Gasteiger partial charge in [-0.3, -0.25) is 4.79 Å². The lowest BCUT2D eigenvalue weighted by Crippen LogP contribution is -2.33. The lowest BCUT2D eigenvalue weighted by molar-refractivity contribution is -0.120. The molecule has 0 radical (unpaired) electrons. The van der Waals surface area contributed by atoms with Gasteiger partial charge in [0.05, 0.1) is 11.8 Å². The summed E-state index contributed by atoms with van der Waals surface area (Å²) in [6, 6.07) is 26.1. The third kappa shape index (κ3) is 1.66. The first-order valence-corrected chi connectivity index (χ1v) is 10.1. The van der Waals surface area contributed by atoms with Crippen LogP contribution in [0.3, 0.4) is 0 Å². The van der Waals surface area contributed by atoms with Crippen molar-refractivity contribution in [2.75, 3.05) is 0 Å². The van der Waals surface area contributed by atoms with E-state index in [0.717, 1.165) is 12.8 Å². The molecule has 7 rings (SSSR count). The molecule has 0 amide bonds. The third-order valence-electron chi connectivity index (χ3n) is 7.09. The van der Waals surface area contributed by atoms with Crippen molar-refractivity contribution >= 4 is 16.6 Å². The van der Waals surface area contributed by atoms with Gasteiger partial charge in [-0.15, -0.1) is 0 Å². The fraction of sp³-hybridized carbons (Fsp3) is 0.148. The predicted molar refractivity (Wildman–Crippen MR) is 111 cm³/mol. The van der Waals surface area contributed by atoms with Crippen molar-refractivity contribution in [3.05, 3.63) is 117 Å². The third-order valence-corrected chi connectivity index (χ3v) is 7.09. The average Bonchev–Trinajstić information content (AvgIpc) is 2.74. The number of carbonyl (C=O) groups excluding carboxylic acids is 1. The van der Waals surface area contributed by atoms with Crippen molar-refractivity contribution in [1.82, 2.24) is 0 Å². The molecule has 0 saturated carbocycles. The summed E-state index contributed by atoms with van der Waals surface area (Å²) in [5, 5.41) is 2.63. The minimum atomic E-state index is -0.137. The molecule has 0 N–H and O–H groups in total. The number of Topliss-reactive ketones (excluding diaryl/α,β-unsaturated/α-hetero) is 1. The van der Waals surface area contributed by atoms with Gasteiger partial charge < -0.3 is 0 Å². The van der Waals surface area contributed by atoms with Crippen molar-refractivity contribution in [2.24, 2.45) is 0 Å². The zero-order valence-corrected chi connectivity index (χ0v) is 15.4. The first-order valence-electron chi connectivity index (χ1n) is 10.1. The summed E-state index contributed by atoms with van der Waals surface area (Å²) in [6.45, 7) is 0. The van der Waals surface area contributed by atoms with Crippen LogP contribution in [0.15, 0.2) is 72.8 Å². The van der Waals surface area contributed by atoms with Gasteiger partial charge in [-0.2, -0.15) is 0 Å². The smallest absolute Gasteiger partial charge is 0.156 e. The summed E-state index contributed by atoms with van der Waals surface area (Å²) in [5.41, 5.74) is 10.3. The second-order valence-electron chi connectivity index (χ2n) is 8.39. The maximum Gasteiger partial charge on any atom is 0.156 e. The molecule has 0 aromatic heterocycles. The van der Waals surface area contributed by atoms with Gasteiger partial charge >= 0.3 is 0 Å². The quantitative estimate of drug-likeness (QED) is 0.406. The van der Waals surface area contributed by atoms with E-state index in [1.165, 1.54) is 55.3 Å². The molecule has 132 valence electrons. The van der Waals surface area contributed by atoms with E-state index in [4.69, 9.17) is 0 Å². The first-order chi connectivity index (χ1) is 13.8. The van der Waals surface area contributed by atoms with Crippen LogP contribution in [0.5, 0.6) is 0 Å². The van der Waals surface area contributed by atoms with Gasteiger partial charge in [0.15, 0.2) is 5.78 Å². The van der Waals surface area contributed by atoms with Crippen LogP contribution in [0.4, 0.5) is 0 Å². The summed E-state index contributed by atoms with van der Waals surface area (Å²) < 4.78 is 0. The summed E-state index contributed by atoms with van der Waals surface area (Å²) in [5.74, 6) is 0.0816. The van der Waals surface area contributed by atoms with Crippen LogP contribution in [-0.4, -0.2) is 5.78 Å². The standard InChI is InChI=1S/C27H18O/c28-27-25-20-7-3-1-5-16(20)13-18-11-9-15-10-12-19-14-17-6-2-4-8-21(17)26(27)24(19)22(15)23(18)25/h1-12,25-26H,13-14H2. The van der Waals surface area contributed by atoms with Crippen LogP contribution in [0.2, 0.25) is 0 Å². The fourth-order valence-electron chi connectivity index (χ4n) is 5.96. The van der Waals surface area contributed by atoms with Gasteiger partial charge in [-0.1, -0.05) is 72.8 Å². The topological polar surface area (TPSA) is 17.1 Å². The number of hydrogen-bond acceptors (Lipinski definition) is 1. The monoisotopic (exact) mass is 358 g/mol. The van der Waals surface area contributed by atoms with Gasteiger partial charge in [-0.05, 0) is 68.1 Å². The van der Waals surface area contributed by atoms with E-state index in [0.29, 0.717) is 5.78 Å². The molecule has 2 unspecified atom stereocenters. The second kappa shape index (κ2) is 4.99. The average molecular weight is 358 g/mol. The Morgan fingerprint density at radius 2 is 1.07 bits per heavy atom. The lowest BCUT2D eigenvalue weighted by atomic mass is 9.62. The lowest BCUT2D eigenvalue weighted by Gasteiger charge is -2.40. The van der Waals surface area contributed by atoms with E-state index in [9.17, 15) is 4.79 Å². The highest BCUT2D eigenvalue weighted by molar-refractivity contribution is 6.10. The molecular weight excluding hydrogens is 340 g/mol.